The topological polar surface area (TPSA) is 83.7 Å². The van der Waals surface area contributed by atoms with E-state index in [9.17, 15) is 13.2 Å². The van der Waals surface area contributed by atoms with Gasteiger partial charge < -0.3 is 10.6 Å². The van der Waals surface area contributed by atoms with Gasteiger partial charge in [-0.15, -0.1) is 0 Å². The van der Waals surface area contributed by atoms with Crippen LogP contribution in [0.15, 0.2) is 29.2 Å². The van der Waals surface area contributed by atoms with Crippen LogP contribution in [0.1, 0.15) is 24.2 Å². The third-order valence-electron chi connectivity index (χ3n) is 3.42. The van der Waals surface area contributed by atoms with E-state index in [1.807, 2.05) is 13.8 Å². The summed E-state index contributed by atoms with van der Waals surface area (Å²) >= 11 is 0. The second-order valence-electron chi connectivity index (χ2n) is 6.35. The lowest BCUT2D eigenvalue weighted by atomic mass is 9.94. The number of rotatable bonds is 6. The highest BCUT2D eigenvalue weighted by atomic mass is 32.2. The van der Waals surface area contributed by atoms with E-state index in [0.29, 0.717) is 18.7 Å². The minimum atomic E-state index is -3.59. The predicted molar refractivity (Wildman–Crippen MR) is 87.1 cm³/mol. The van der Waals surface area contributed by atoms with E-state index in [2.05, 4.69) is 0 Å². The van der Waals surface area contributed by atoms with E-state index in [0.717, 1.165) is 0 Å². The van der Waals surface area contributed by atoms with Crippen LogP contribution in [0.2, 0.25) is 0 Å². The normalized spacial score (nSPS) is 12.5. The molecule has 0 atom stereocenters. The van der Waals surface area contributed by atoms with Gasteiger partial charge in [-0.1, -0.05) is 13.8 Å². The van der Waals surface area contributed by atoms with Crippen molar-refractivity contribution in [2.24, 2.45) is 11.1 Å². The Morgan fingerprint density at radius 1 is 1.14 bits per heavy atom. The lowest BCUT2D eigenvalue weighted by Gasteiger charge is -2.28. The summed E-state index contributed by atoms with van der Waals surface area (Å²) < 4.78 is 26.4. The van der Waals surface area contributed by atoms with Gasteiger partial charge in [-0.25, -0.2) is 12.7 Å². The second-order valence-corrected chi connectivity index (χ2v) is 8.40. The van der Waals surface area contributed by atoms with Crippen LogP contribution in [0.4, 0.5) is 0 Å². The van der Waals surface area contributed by atoms with Gasteiger partial charge in [-0.05, 0) is 36.2 Å². The summed E-state index contributed by atoms with van der Waals surface area (Å²) in [6, 6.07) is 5.96. The highest BCUT2D eigenvalue weighted by molar-refractivity contribution is 7.89. The van der Waals surface area contributed by atoms with Crippen molar-refractivity contribution in [1.29, 1.82) is 0 Å². The number of hydrogen-bond acceptors (Lipinski definition) is 4. The zero-order valence-electron chi connectivity index (χ0n) is 13.8. The third-order valence-corrected chi connectivity index (χ3v) is 5.24. The van der Waals surface area contributed by atoms with Gasteiger partial charge in [0.25, 0.3) is 5.91 Å². The molecule has 0 aliphatic rings. The van der Waals surface area contributed by atoms with E-state index in [1.165, 1.54) is 40.5 Å². The van der Waals surface area contributed by atoms with Crippen molar-refractivity contribution in [2.75, 3.05) is 34.2 Å². The molecule has 0 aliphatic heterocycles. The lowest BCUT2D eigenvalue weighted by molar-refractivity contribution is 0.0827. The van der Waals surface area contributed by atoms with Gasteiger partial charge in [0.15, 0.2) is 0 Å². The Balaban J connectivity index is 3.01. The number of nitrogens with two attached hydrogens (primary N) is 1. The SMILES string of the molecule is CN(C)C(=O)c1ccc(S(=O)(=O)N(C)CC(C)(C)CN)cc1. The summed E-state index contributed by atoms with van der Waals surface area (Å²) in [5, 5.41) is 0. The Labute approximate surface area is 132 Å². The number of carbonyl (C=O) groups is 1. The molecule has 0 bridgehead atoms. The van der Waals surface area contributed by atoms with Crippen LogP contribution in [0.25, 0.3) is 0 Å². The van der Waals surface area contributed by atoms with Crippen molar-refractivity contribution in [2.45, 2.75) is 18.7 Å². The molecule has 7 heteroatoms. The molecule has 0 radical (unpaired) electrons. The maximum Gasteiger partial charge on any atom is 0.253 e. The number of hydrogen-bond donors (Lipinski definition) is 1. The van der Waals surface area contributed by atoms with Crippen LogP contribution in [-0.2, 0) is 10.0 Å². The fraction of sp³-hybridized carbons (Fsp3) is 0.533. The monoisotopic (exact) mass is 327 g/mol. The molecule has 1 aromatic carbocycles. The van der Waals surface area contributed by atoms with Gasteiger partial charge in [-0.3, -0.25) is 4.79 Å². The first kappa shape index (κ1) is 18.6. The zero-order chi connectivity index (χ0) is 17.1. The van der Waals surface area contributed by atoms with Gasteiger partial charge in [0.05, 0.1) is 4.90 Å². The van der Waals surface area contributed by atoms with E-state index in [4.69, 9.17) is 5.73 Å². The second kappa shape index (κ2) is 6.76. The first-order valence-corrected chi connectivity index (χ1v) is 8.43. The molecular weight excluding hydrogens is 302 g/mol. The van der Waals surface area contributed by atoms with Gasteiger partial charge in [0.2, 0.25) is 10.0 Å². The highest BCUT2D eigenvalue weighted by Crippen LogP contribution is 2.21. The number of benzene rings is 1. The first-order valence-electron chi connectivity index (χ1n) is 6.99. The Bertz CT molecular complexity index is 622. The summed E-state index contributed by atoms with van der Waals surface area (Å²) in [5.74, 6) is -0.165. The molecule has 0 unspecified atom stereocenters. The molecule has 0 saturated heterocycles. The fourth-order valence-electron chi connectivity index (χ4n) is 1.96. The van der Waals surface area contributed by atoms with Gasteiger partial charge >= 0.3 is 0 Å². The van der Waals surface area contributed by atoms with Crippen molar-refractivity contribution in [1.82, 2.24) is 9.21 Å². The predicted octanol–water partition coefficient (Wildman–Crippen LogP) is 0.994. The molecule has 2 N–H and O–H groups in total. The van der Waals surface area contributed by atoms with Gasteiger partial charge in [0, 0.05) is 33.3 Å². The lowest BCUT2D eigenvalue weighted by Crippen LogP contribution is -2.39. The van der Waals surface area contributed by atoms with Crippen molar-refractivity contribution in [3.8, 4) is 0 Å². The summed E-state index contributed by atoms with van der Waals surface area (Å²) in [5.41, 5.74) is 5.80. The molecule has 1 rings (SSSR count). The largest absolute Gasteiger partial charge is 0.345 e. The van der Waals surface area contributed by atoms with Crippen LogP contribution in [-0.4, -0.2) is 57.8 Å². The minimum Gasteiger partial charge on any atom is -0.345 e. The van der Waals surface area contributed by atoms with Crippen molar-refractivity contribution in [3.63, 3.8) is 0 Å². The fourth-order valence-corrected chi connectivity index (χ4v) is 3.32. The number of carbonyl (C=O) groups excluding carboxylic acids is 1. The number of sulfonamides is 1. The molecule has 0 aliphatic carbocycles. The standard InChI is InChI=1S/C15H25N3O3S/c1-15(2,10-16)11-18(5)22(20,21)13-8-6-12(7-9-13)14(19)17(3)4/h6-9H,10-11,16H2,1-5H3. The van der Waals surface area contributed by atoms with Crippen LogP contribution in [0, 0.1) is 5.41 Å². The molecular formula is C15H25N3O3S. The Kier molecular flexibility index (Phi) is 5.72. The van der Waals surface area contributed by atoms with Crippen LogP contribution >= 0.6 is 0 Å². The van der Waals surface area contributed by atoms with E-state index < -0.39 is 10.0 Å². The van der Waals surface area contributed by atoms with Crippen LogP contribution in [0.5, 0.6) is 0 Å². The van der Waals surface area contributed by atoms with E-state index in [1.54, 1.807) is 14.1 Å². The molecule has 0 saturated carbocycles. The van der Waals surface area contributed by atoms with E-state index >= 15 is 0 Å². The van der Waals surface area contributed by atoms with Gasteiger partial charge in [-0.2, -0.15) is 0 Å². The average Bonchev–Trinajstić information content (AvgIpc) is 2.46. The molecule has 0 heterocycles. The van der Waals surface area contributed by atoms with Gasteiger partial charge in [0.1, 0.15) is 0 Å². The van der Waals surface area contributed by atoms with Crippen molar-refractivity contribution >= 4 is 15.9 Å². The Morgan fingerprint density at radius 3 is 2.05 bits per heavy atom. The maximum absolute atomic E-state index is 12.5. The molecule has 6 nitrogen and oxygen atoms in total. The molecule has 1 aromatic rings. The molecule has 1 amide bonds. The highest BCUT2D eigenvalue weighted by Gasteiger charge is 2.27. The zero-order valence-corrected chi connectivity index (χ0v) is 14.6. The smallest absolute Gasteiger partial charge is 0.253 e. The van der Waals surface area contributed by atoms with E-state index in [-0.39, 0.29) is 16.2 Å². The number of amides is 1. The third kappa shape index (κ3) is 4.28. The summed E-state index contributed by atoms with van der Waals surface area (Å²) in [7, 11) is 1.24. The van der Waals surface area contributed by atoms with Crippen molar-refractivity contribution in [3.05, 3.63) is 29.8 Å². The summed E-state index contributed by atoms with van der Waals surface area (Å²) in [6.45, 7) is 4.54. The van der Waals surface area contributed by atoms with Crippen LogP contribution in [0.3, 0.4) is 0 Å². The number of nitrogens with zero attached hydrogens (tertiary/aromatic N) is 2. The first-order chi connectivity index (χ1) is 10.0. The molecule has 0 fully saturated rings. The molecule has 124 valence electrons. The molecule has 0 spiro atoms. The van der Waals surface area contributed by atoms with Crippen molar-refractivity contribution < 1.29 is 13.2 Å². The molecule has 22 heavy (non-hydrogen) atoms. The average molecular weight is 327 g/mol. The quantitative estimate of drug-likeness (QED) is 0.844. The molecule has 0 aromatic heterocycles. The van der Waals surface area contributed by atoms with Crippen LogP contribution < -0.4 is 5.73 Å². The summed E-state index contributed by atoms with van der Waals surface area (Å²) in [4.78, 5) is 13.4. The Morgan fingerprint density at radius 2 is 1.64 bits per heavy atom. The maximum atomic E-state index is 12.5. The summed E-state index contributed by atoms with van der Waals surface area (Å²) in [6.07, 6.45) is 0. The minimum absolute atomic E-state index is 0.165. The Hall–Kier alpha value is -1.44.